The fourth-order valence-corrected chi connectivity index (χ4v) is 3.03. The molecule has 118 valence electrons. The highest BCUT2D eigenvalue weighted by Crippen LogP contribution is 2.26. The minimum atomic E-state index is -1.05. The molecular weight excluding hydrogens is 287 g/mol. The molecule has 2 N–H and O–H groups in total. The summed E-state index contributed by atoms with van der Waals surface area (Å²) in [5, 5.41) is 10.2. The number of rotatable bonds is 4. The minimum absolute atomic E-state index is 0.0652. The number of hydrogen-bond acceptors (Lipinski definition) is 3. The highest BCUT2D eigenvalue weighted by molar-refractivity contribution is 5.90. The Morgan fingerprint density at radius 2 is 2.36 bits per heavy atom. The Kier molecular flexibility index (Phi) is 4.02. The van der Waals surface area contributed by atoms with Crippen molar-refractivity contribution in [3.8, 4) is 5.75 Å². The number of carbonyl (C=O) groups excluding carboxylic acids is 1. The predicted molar refractivity (Wildman–Crippen MR) is 80.7 cm³/mol. The van der Waals surface area contributed by atoms with Crippen LogP contribution in [0.2, 0.25) is 0 Å². The van der Waals surface area contributed by atoms with Crippen LogP contribution in [0.4, 0.5) is 4.39 Å². The van der Waals surface area contributed by atoms with E-state index >= 15 is 0 Å². The van der Waals surface area contributed by atoms with Gasteiger partial charge in [-0.2, -0.15) is 0 Å². The van der Waals surface area contributed by atoms with Gasteiger partial charge in [-0.25, -0.2) is 4.39 Å². The van der Waals surface area contributed by atoms with Gasteiger partial charge in [-0.3, -0.25) is 4.79 Å². The van der Waals surface area contributed by atoms with Gasteiger partial charge in [0.2, 0.25) is 5.91 Å². The Morgan fingerprint density at radius 3 is 3.09 bits per heavy atom. The number of aromatic amines is 1. The summed E-state index contributed by atoms with van der Waals surface area (Å²) >= 11 is 0. The Hall–Kier alpha value is -2.08. The van der Waals surface area contributed by atoms with Gasteiger partial charge < -0.3 is 19.7 Å². The second kappa shape index (κ2) is 5.96. The summed E-state index contributed by atoms with van der Waals surface area (Å²) < 4.78 is 18.7. The molecule has 1 saturated heterocycles. The zero-order valence-corrected chi connectivity index (χ0v) is 12.4. The number of fused-ring (bicyclic) bond motifs is 1. The van der Waals surface area contributed by atoms with Crippen LogP contribution in [0.25, 0.3) is 10.9 Å². The molecule has 3 rings (SSSR count). The lowest BCUT2D eigenvalue weighted by molar-refractivity contribution is -0.132. The summed E-state index contributed by atoms with van der Waals surface area (Å²) in [4.78, 5) is 17.0. The van der Waals surface area contributed by atoms with Crippen molar-refractivity contribution in [1.82, 2.24) is 9.88 Å². The first-order chi connectivity index (χ1) is 10.6. The molecule has 0 spiro atoms. The molecule has 1 fully saturated rings. The number of halogens is 1. The number of aliphatic hydroxyl groups excluding tert-OH is 1. The highest BCUT2D eigenvalue weighted by atomic mass is 19.1. The molecule has 5 nitrogen and oxygen atoms in total. The Bertz CT molecular complexity index is 685. The quantitative estimate of drug-likeness (QED) is 0.902. The molecule has 0 saturated carbocycles. The van der Waals surface area contributed by atoms with Gasteiger partial charge >= 0.3 is 0 Å². The van der Waals surface area contributed by atoms with Crippen molar-refractivity contribution >= 4 is 16.8 Å². The van der Waals surface area contributed by atoms with E-state index in [1.54, 1.807) is 13.3 Å². The van der Waals surface area contributed by atoms with E-state index in [4.69, 9.17) is 4.74 Å². The molecule has 2 aromatic rings. The van der Waals surface area contributed by atoms with Crippen molar-refractivity contribution in [3.05, 3.63) is 30.0 Å². The lowest BCUT2D eigenvalue weighted by Gasteiger charge is -2.22. The molecule has 22 heavy (non-hydrogen) atoms. The molecular formula is C16H19FN2O3. The van der Waals surface area contributed by atoms with E-state index in [-0.39, 0.29) is 31.9 Å². The van der Waals surface area contributed by atoms with Crippen LogP contribution in [-0.4, -0.2) is 53.4 Å². The molecule has 6 heteroatoms. The van der Waals surface area contributed by atoms with Gasteiger partial charge in [0.25, 0.3) is 0 Å². The number of alkyl halides is 1. The van der Waals surface area contributed by atoms with E-state index in [0.717, 1.165) is 22.2 Å². The molecule has 2 heterocycles. The first kappa shape index (κ1) is 14.8. The Labute approximate surface area is 127 Å². The first-order valence-electron chi connectivity index (χ1n) is 7.30. The average molecular weight is 306 g/mol. The van der Waals surface area contributed by atoms with Gasteiger partial charge in [-0.05, 0) is 23.8 Å². The number of aliphatic hydroxyl groups is 1. The molecule has 1 aliphatic rings. The summed E-state index contributed by atoms with van der Waals surface area (Å²) in [5.41, 5.74) is 1.77. The lowest BCUT2D eigenvalue weighted by Crippen LogP contribution is -2.38. The summed E-state index contributed by atoms with van der Waals surface area (Å²) in [7, 11) is 1.59. The normalized spacial score (nSPS) is 21.5. The topological polar surface area (TPSA) is 65.6 Å². The van der Waals surface area contributed by atoms with Gasteiger partial charge in [0.15, 0.2) is 0 Å². The third-order valence-electron chi connectivity index (χ3n) is 4.21. The van der Waals surface area contributed by atoms with Crippen LogP contribution in [0.3, 0.4) is 0 Å². The number of carbonyl (C=O) groups is 1. The molecule has 1 aliphatic heterocycles. The summed E-state index contributed by atoms with van der Waals surface area (Å²) in [6, 6.07) is 5.20. The fourth-order valence-electron chi connectivity index (χ4n) is 3.03. The molecule has 2 atom stereocenters. The number of hydrogen-bond donors (Lipinski definition) is 2. The van der Waals surface area contributed by atoms with Gasteiger partial charge in [-0.15, -0.1) is 0 Å². The number of aromatic nitrogens is 1. The number of nitrogens with one attached hydrogen (secondary N) is 1. The number of methoxy groups -OCH3 is 1. The van der Waals surface area contributed by atoms with E-state index in [1.807, 2.05) is 18.2 Å². The van der Waals surface area contributed by atoms with Crippen molar-refractivity contribution in [2.75, 3.05) is 20.3 Å². The van der Waals surface area contributed by atoms with Crippen molar-refractivity contribution in [3.63, 3.8) is 0 Å². The highest BCUT2D eigenvalue weighted by Gasteiger charge is 2.34. The lowest BCUT2D eigenvalue weighted by atomic mass is 10.1. The predicted octanol–water partition coefficient (Wildman–Crippen LogP) is 1.65. The molecule has 0 bridgehead atoms. The Morgan fingerprint density at radius 1 is 1.55 bits per heavy atom. The molecule has 1 amide bonds. The smallest absolute Gasteiger partial charge is 0.227 e. The maximum absolute atomic E-state index is 13.5. The monoisotopic (exact) mass is 306 g/mol. The SMILES string of the molecule is COc1ccc2[nH]cc(CC(=O)N3C[C@@H](F)C[C@H]3CO)c2c1. The van der Waals surface area contributed by atoms with Crippen LogP contribution in [0.15, 0.2) is 24.4 Å². The number of benzene rings is 1. The van der Waals surface area contributed by atoms with Gasteiger partial charge in [0.1, 0.15) is 11.9 Å². The van der Waals surface area contributed by atoms with E-state index in [2.05, 4.69) is 4.98 Å². The largest absolute Gasteiger partial charge is 0.497 e. The van der Waals surface area contributed by atoms with Crippen LogP contribution < -0.4 is 4.74 Å². The second-order valence-corrected chi connectivity index (χ2v) is 5.62. The summed E-state index contributed by atoms with van der Waals surface area (Å²) in [5.74, 6) is 0.557. The molecule has 1 aromatic carbocycles. The summed E-state index contributed by atoms with van der Waals surface area (Å²) in [6.07, 6.45) is 1.13. The zero-order chi connectivity index (χ0) is 15.7. The van der Waals surface area contributed by atoms with Crippen molar-refractivity contribution in [1.29, 1.82) is 0 Å². The van der Waals surface area contributed by atoms with Gasteiger partial charge in [-0.1, -0.05) is 0 Å². The number of amides is 1. The van der Waals surface area contributed by atoms with Gasteiger partial charge in [0.05, 0.1) is 32.7 Å². The van der Waals surface area contributed by atoms with Gasteiger partial charge in [0, 0.05) is 23.5 Å². The van der Waals surface area contributed by atoms with E-state index in [0.29, 0.717) is 0 Å². The summed E-state index contributed by atoms with van der Waals surface area (Å²) in [6.45, 7) is -0.135. The average Bonchev–Trinajstić information content (AvgIpc) is 3.10. The van der Waals surface area contributed by atoms with Crippen molar-refractivity contribution in [2.24, 2.45) is 0 Å². The van der Waals surface area contributed by atoms with E-state index in [9.17, 15) is 14.3 Å². The maximum Gasteiger partial charge on any atom is 0.227 e. The molecule has 0 unspecified atom stereocenters. The molecule has 0 radical (unpaired) electrons. The molecule has 0 aliphatic carbocycles. The van der Waals surface area contributed by atoms with Crippen LogP contribution in [0.1, 0.15) is 12.0 Å². The Balaban J connectivity index is 1.82. The number of likely N-dealkylation sites (tertiary alicyclic amines) is 1. The van der Waals surface area contributed by atoms with Crippen LogP contribution in [0, 0.1) is 0 Å². The van der Waals surface area contributed by atoms with Crippen molar-refractivity contribution in [2.45, 2.75) is 25.1 Å². The van der Waals surface area contributed by atoms with Crippen LogP contribution >= 0.6 is 0 Å². The van der Waals surface area contributed by atoms with Crippen molar-refractivity contribution < 1.29 is 19.0 Å². The zero-order valence-electron chi connectivity index (χ0n) is 12.4. The maximum atomic E-state index is 13.5. The van der Waals surface area contributed by atoms with E-state index < -0.39 is 12.2 Å². The number of H-pyrrole nitrogens is 1. The van der Waals surface area contributed by atoms with Crippen LogP contribution in [-0.2, 0) is 11.2 Å². The fraction of sp³-hybridized carbons (Fsp3) is 0.438. The third kappa shape index (κ3) is 2.66. The number of nitrogens with zero attached hydrogens (tertiary/aromatic N) is 1. The van der Waals surface area contributed by atoms with E-state index in [1.165, 1.54) is 4.90 Å². The van der Waals surface area contributed by atoms with Crippen LogP contribution in [0.5, 0.6) is 5.75 Å². The second-order valence-electron chi connectivity index (χ2n) is 5.62. The third-order valence-corrected chi connectivity index (χ3v) is 4.21. The molecule has 1 aromatic heterocycles. The number of ether oxygens (including phenoxy) is 1. The standard InChI is InChI=1S/C16H19FN2O3/c1-22-13-2-3-15-14(6-13)10(7-18-15)4-16(21)19-8-11(17)5-12(19)9-20/h2-3,6-7,11-12,18,20H,4-5,8-9H2,1H3/t11-,12-/m0/s1. The minimum Gasteiger partial charge on any atom is -0.497 e. The first-order valence-corrected chi connectivity index (χ1v) is 7.30.